The van der Waals surface area contributed by atoms with Crippen molar-refractivity contribution in [1.29, 1.82) is 0 Å². The summed E-state index contributed by atoms with van der Waals surface area (Å²) in [5, 5.41) is 3.41. The number of furan rings is 1. The average molecular weight is 332 g/mol. The second-order valence-electron chi connectivity index (χ2n) is 5.71. The minimum absolute atomic E-state index is 0.00439. The van der Waals surface area contributed by atoms with Gasteiger partial charge in [0.1, 0.15) is 5.76 Å². The molecule has 1 aromatic heterocycles. The van der Waals surface area contributed by atoms with Crippen LogP contribution in [0.4, 0.5) is 0 Å². The van der Waals surface area contributed by atoms with E-state index in [0.717, 1.165) is 10.8 Å². The van der Waals surface area contributed by atoms with Gasteiger partial charge in [0.25, 0.3) is 10.0 Å². The van der Waals surface area contributed by atoms with E-state index in [4.69, 9.17) is 4.42 Å². The van der Waals surface area contributed by atoms with Crippen LogP contribution in [0, 0.1) is 0 Å². The molecule has 1 N–H and O–H groups in total. The van der Waals surface area contributed by atoms with Gasteiger partial charge in [-0.15, -0.1) is 0 Å². The monoisotopic (exact) mass is 332 g/mol. The van der Waals surface area contributed by atoms with E-state index < -0.39 is 10.0 Å². The highest BCUT2D eigenvalue weighted by molar-refractivity contribution is 8.00. The van der Waals surface area contributed by atoms with Crippen molar-refractivity contribution in [3.63, 3.8) is 0 Å². The Bertz CT molecular complexity index is 561. The van der Waals surface area contributed by atoms with Crippen LogP contribution >= 0.6 is 11.8 Å². The molecular weight excluding hydrogens is 308 g/mol. The first-order valence-corrected chi connectivity index (χ1v) is 9.83. The largest absolute Gasteiger partial charge is 0.447 e. The summed E-state index contributed by atoms with van der Waals surface area (Å²) in [6.45, 7) is 1.50. The predicted molar refractivity (Wildman–Crippen MR) is 86.0 cm³/mol. The third kappa shape index (κ3) is 3.83. The third-order valence-corrected chi connectivity index (χ3v) is 7.17. The van der Waals surface area contributed by atoms with Crippen molar-refractivity contribution >= 4 is 21.8 Å². The van der Waals surface area contributed by atoms with Crippen LogP contribution in [0.3, 0.4) is 0 Å². The minimum atomic E-state index is -3.48. The highest BCUT2D eigenvalue weighted by Gasteiger charge is 2.32. The summed E-state index contributed by atoms with van der Waals surface area (Å²) in [5.74, 6) is 0.657. The van der Waals surface area contributed by atoms with Crippen LogP contribution in [0.15, 0.2) is 21.6 Å². The molecule has 1 aliphatic carbocycles. The van der Waals surface area contributed by atoms with Crippen LogP contribution < -0.4 is 5.32 Å². The lowest BCUT2D eigenvalue weighted by molar-refractivity contribution is 0.385. The first kappa shape index (κ1) is 16.9. The Kier molecular flexibility index (Phi) is 5.40. The van der Waals surface area contributed by atoms with Gasteiger partial charge in [0.15, 0.2) is 0 Å². The van der Waals surface area contributed by atoms with Crippen molar-refractivity contribution in [3.8, 4) is 0 Å². The molecule has 1 fully saturated rings. The molecule has 1 aromatic rings. The van der Waals surface area contributed by atoms with Crippen molar-refractivity contribution in [1.82, 2.24) is 9.62 Å². The molecule has 1 aliphatic rings. The van der Waals surface area contributed by atoms with E-state index in [1.165, 1.54) is 45.8 Å². The maximum absolute atomic E-state index is 11.9. The fourth-order valence-electron chi connectivity index (χ4n) is 2.66. The van der Waals surface area contributed by atoms with Gasteiger partial charge in [-0.3, -0.25) is 0 Å². The zero-order valence-corrected chi connectivity index (χ0v) is 14.5. The fourth-order valence-corrected chi connectivity index (χ4v) is 4.41. The van der Waals surface area contributed by atoms with Crippen molar-refractivity contribution in [2.75, 3.05) is 26.9 Å². The Balaban J connectivity index is 1.92. The Labute approximate surface area is 131 Å². The number of nitrogens with one attached hydrogen (secondary N) is 1. The first-order chi connectivity index (χ1) is 9.89. The van der Waals surface area contributed by atoms with Crippen molar-refractivity contribution in [2.24, 2.45) is 0 Å². The Morgan fingerprint density at radius 2 is 2.00 bits per heavy atom. The molecule has 21 heavy (non-hydrogen) atoms. The van der Waals surface area contributed by atoms with Gasteiger partial charge in [0, 0.05) is 25.4 Å². The van der Waals surface area contributed by atoms with Crippen LogP contribution in [0.2, 0.25) is 0 Å². The summed E-state index contributed by atoms with van der Waals surface area (Å²) in [4.78, 5) is 0. The Hall–Kier alpha value is -0.500. The lowest BCUT2D eigenvalue weighted by atomic mass is 10.1. The molecule has 0 saturated heterocycles. The summed E-state index contributed by atoms with van der Waals surface area (Å²) in [5.41, 5.74) is 0. The van der Waals surface area contributed by atoms with Gasteiger partial charge in [-0.25, -0.2) is 12.7 Å². The van der Waals surface area contributed by atoms with E-state index in [2.05, 4.69) is 11.6 Å². The number of rotatable bonds is 7. The van der Waals surface area contributed by atoms with E-state index in [1.807, 2.05) is 11.8 Å². The van der Waals surface area contributed by atoms with Crippen LogP contribution in [-0.4, -0.2) is 44.4 Å². The Morgan fingerprint density at radius 3 is 2.57 bits per heavy atom. The topological polar surface area (TPSA) is 62.6 Å². The molecule has 0 bridgehead atoms. The van der Waals surface area contributed by atoms with Gasteiger partial charge in [0.05, 0.1) is 6.54 Å². The van der Waals surface area contributed by atoms with Crippen molar-refractivity contribution in [3.05, 3.63) is 17.9 Å². The standard InChI is InChI=1S/C14H24N2O3S2/c1-16(2)21(17,18)13-7-6-12(19-13)10-15-11-14(20-3)8-4-5-9-14/h6-7,15H,4-5,8-11H2,1-3H3. The Morgan fingerprint density at radius 1 is 1.33 bits per heavy atom. The van der Waals surface area contributed by atoms with E-state index in [9.17, 15) is 8.42 Å². The molecule has 0 radical (unpaired) electrons. The summed E-state index contributed by atoms with van der Waals surface area (Å²) < 4.78 is 30.8. The summed E-state index contributed by atoms with van der Waals surface area (Å²) >= 11 is 1.93. The molecule has 1 heterocycles. The van der Waals surface area contributed by atoms with E-state index >= 15 is 0 Å². The molecule has 0 spiro atoms. The zero-order chi connectivity index (χ0) is 15.5. The van der Waals surface area contributed by atoms with E-state index in [-0.39, 0.29) is 5.09 Å². The minimum Gasteiger partial charge on any atom is -0.447 e. The molecule has 0 aromatic carbocycles. The number of sulfonamides is 1. The SMILES string of the molecule is CSC1(CNCc2ccc(S(=O)(=O)N(C)C)o2)CCCC1. The van der Waals surface area contributed by atoms with Crippen LogP contribution in [0.25, 0.3) is 0 Å². The molecule has 0 amide bonds. The van der Waals surface area contributed by atoms with E-state index in [0.29, 0.717) is 17.1 Å². The number of nitrogens with zero attached hydrogens (tertiary/aromatic N) is 1. The number of hydrogen-bond donors (Lipinski definition) is 1. The highest BCUT2D eigenvalue weighted by atomic mass is 32.2. The van der Waals surface area contributed by atoms with Gasteiger partial charge in [-0.1, -0.05) is 12.8 Å². The van der Waals surface area contributed by atoms with E-state index in [1.54, 1.807) is 6.07 Å². The molecule has 0 atom stereocenters. The summed E-state index contributed by atoms with van der Waals surface area (Å²) in [6, 6.07) is 3.25. The second-order valence-corrected chi connectivity index (χ2v) is 9.06. The van der Waals surface area contributed by atoms with Crippen LogP contribution in [0.5, 0.6) is 0 Å². The molecule has 5 nitrogen and oxygen atoms in total. The smallest absolute Gasteiger partial charge is 0.275 e. The molecular formula is C14H24N2O3S2. The molecule has 1 saturated carbocycles. The van der Waals surface area contributed by atoms with Gasteiger partial charge in [-0.2, -0.15) is 11.8 Å². The normalized spacial score (nSPS) is 18.5. The third-order valence-electron chi connectivity index (χ3n) is 4.07. The van der Waals surface area contributed by atoms with Gasteiger partial charge in [0.2, 0.25) is 5.09 Å². The highest BCUT2D eigenvalue weighted by Crippen LogP contribution is 2.39. The fraction of sp³-hybridized carbons (Fsp3) is 0.714. The average Bonchev–Trinajstić information content (AvgIpc) is 3.08. The zero-order valence-electron chi connectivity index (χ0n) is 12.9. The van der Waals surface area contributed by atoms with Gasteiger partial charge >= 0.3 is 0 Å². The number of hydrogen-bond acceptors (Lipinski definition) is 5. The maximum atomic E-state index is 11.9. The summed E-state index contributed by atoms with van der Waals surface area (Å²) in [6.07, 6.45) is 7.27. The maximum Gasteiger partial charge on any atom is 0.275 e. The lowest BCUT2D eigenvalue weighted by Gasteiger charge is -2.26. The molecule has 0 aliphatic heterocycles. The van der Waals surface area contributed by atoms with Crippen LogP contribution in [-0.2, 0) is 16.6 Å². The lowest BCUT2D eigenvalue weighted by Crippen LogP contribution is -2.34. The first-order valence-electron chi connectivity index (χ1n) is 7.17. The quantitative estimate of drug-likeness (QED) is 0.830. The second kappa shape index (κ2) is 6.73. The van der Waals surface area contributed by atoms with Gasteiger partial charge in [-0.05, 0) is 31.2 Å². The van der Waals surface area contributed by atoms with Crippen LogP contribution in [0.1, 0.15) is 31.4 Å². The molecule has 7 heteroatoms. The predicted octanol–water partition coefficient (Wildman–Crippen LogP) is 2.30. The molecule has 0 unspecified atom stereocenters. The number of thioether (sulfide) groups is 1. The molecule has 2 rings (SSSR count). The van der Waals surface area contributed by atoms with Crippen molar-refractivity contribution < 1.29 is 12.8 Å². The molecule has 120 valence electrons. The van der Waals surface area contributed by atoms with Crippen molar-refractivity contribution in [2.45, 2.75) is 42.1 Å². The van der Waals surface area contributed by atoms with Gasteiger partial charge < -0.3 is 9.73 Å². The summed E-state index contributed by atoms with van der Waals surface area (Å²) in [7, 11) is -0.482.